The molecule has 5 heteroatoms. The lowest BCUT2D eigenvalue weighted by molar-refractivity contribution is -0.150. The van der Waals surface area contributed by atoms with Crippen LogP contribution in [0.5, 0.6) is 5.75 Å². The van der Waals surface area contributed by atoms with Gasteiger partial charge in [-0.05, 0) is 38.1 Å². The molecule has 0 unspecified atom stereocenters. The molecule has 3 rings (SSSR count). The fourth-order valence-corrected chi connectivity index (χ4v) is 2.81. The molecule has 1 amide bonds. The largest absolute Gasteiger partial charge is 0.488 e. The SMILES string of the molecule is CCN(C(=O)[C@@H](C)OC(=O)C1=Cc2ccccc2OC1)c1ccccc1. The zero-order chi connectivity index (χ0) is 18.5. The van der Waals surface area contributed by atoms with E-state index >= 15 is 0 Å². The highest BCUT2D eigenvalue weighted by atomic mass is 16.6. The van der Waals surface area contributed by atoms with Crippen LogP contribution < -0.4 is 9.64 Å². The molecule has 1 atom stereocenters. The third kappa shape index (κ3) is 3.77. The van der Waals surface area contributed by atoms with Gasteiger partial charge in [0.1, 0.15) is 12.4 Å². The molecular formula is C21H21NO4. The lowest BCUT2D eigenvalue weighted by Gasteiger charge is -2.25. The number of hydrogen-bond donors (Lipinski definition) is 0. The molecule has 0 saturated heterocycles. The van der Waals surface area contributed by atoms with E-state index in [1.54, 1.807) is 17.9 Å². The van der Waals surface area contributed by atoms with Crippen LogP contribution >= 0.6 is 0 Å². The molecule has 26 heavy (non-hydrogen) atoms. The van der Waals surface area contributed by atoms with Crippen molar-refractivity contribution < 1.29 is 19.1 Å². The number of hydrogen-bond acceptors (Lipinski definition) is 4. The summed E-state index contributed by atoms with van der Waals surface area (Å²) in [6.45, 7) is 4.09. The van der Waals surface area contributed by atoms with Crippen LogP contribution in [0.4, 0.5) is 5.69 Å². The fourth-order valence-electron chi connectivity index (χ4n) is 2.81. The Labute approximate surface area is 152 Å². The van der Waals surface area contributed by atoms with E-state index in [9.17, 15) is 9.59 Å². The van der Waals surface area contributed by atoms with Crippen LogP contribution in [0.15, 0.2) is 60.2 Å². The summed E-state index contributed by atoms with van der Waals surface area (Å²) in [6.07, 6.45) is 0.855. The molecule has 0 N–H and O–H groups in total. The maximum atomic E-state index is 12.7. The Morgan fingerprint density at radius 1 is 1.12 bits per heavy atom. The lowest BCUT2D eigenvalue weighted by Crippen LogP contribution is -2.40. The Hall–Kier alpha value is -3.08. The molecule has 1 heterocycles. The normalized spacial score (nSPS) is 13.7. The van der Waals surface area contributed by atoms with Gasteiger partial charge in [0.25, 0.3) is 5.91 Å². The third-order valence-electron chi connectivity index (χ3n) is 4.18. The van der Waals surface area contributed by atoms with Crippen molar-refractivity contribution >= 4 is 23.6 Å². The standard InChI is InChI=1S/C21H21NO4/c1-3-22(18-10-5-4-6-11-18)20(23)15(2)26-21(24)17-13-16-9-7-8-12-19(16)25-14-17/h4-13,15H,3,14H2,1-2H3/t15-/m1/s1. The van der Waals surface area contributed by atoms with Crippen molar-refractivity contribution in [1.82, 2.24) is 0 Å². The molecule has 0 bridgehead atoms. The summed E-state index contributed by atoms with van der Waals surface area (Å²) in [5, 5.41) is 0. The number of carbonyl (C=O) groups excluding carboxylic acids is 2. The van der Waals surface area contributed by atoms with E-state index in [-0.39, 0.29) is 12.5 Å². The van der Waals surface area contributed by atoms with Crippen LogP contribution in [-0.4, -0.2) is 31.1 Å². The van der Waals surface area contributed by atoms with E-state index in [4.69, 9.17) is 9.47 Å². The van der Waals surface area contributed by atoms with Gasteiger partial charge in [0.15, 0.2) is 6.10 Å². The van der Waals surface area contributed by atoms with Gasteiger partial charge in [-0.25, -0.2) is 4.79 Å². The number of rotatable bonds is 5. The van der Waals surface area contributed by atoms with E-state index in [0.717, 1.165) is 17.0 Å². The van der Waals surface area contributed by atoms with Gasteiger partial charge in [0, 0.05) is 17.8 Å². The van der Waals surface area contributed by atoms with Crippen LogP contribution in [0.25, 0.3) is 6.08 Å². The highest BCUT2D eigenvalue weighted by molar-refractivity contribution is 6.00. The molecule has 1 aliphatic rings. The number of nitrogens with zero attached hydrogens (tertiary/aromatic N) is 1. The van der Waals surface area contributed by atoms with E-state index in [2.05, 4.69) is 0 Å². The van der Waals surface area contributed by atoms with Gasteiger partial charge in [-0.1, -0.05) is 36.4 Å². The molecular weight excluding hydrogens is 330 g/mol. The molecule has 2 aromatic carbocycles. The first-order valence-electron chi connectivity index (χ1n) is 8.60. The Bertz CT molecular complexity index is 829. The van der Waals surface area contributed by atoms with Gasteiger partial charge >= 0.3 is 5.97 Å². The van der Waals surface area contributed by atoms with E-state index in [0.29, 0.717) is 12.1 Å². The molecule has 0 aromatic heterocycles. The number of amides is 1. The number of ether oxygens (including phenoxy) is 2. The summed E-state index contributed by atoms with van der Waals surface area (Å²) in [5.41, 5.74) is 1.99. The van der Waals surface area contributed by atoms with E-state index in [1.807, 2.05) is 61.5 Å². The molecule has 0 saturated carbocycles. The van der Waals surface area contributed by atoms with Crippen molar-refractivity contribution in [2.45, 2.75) is 20.0 Å². The monoisotopic (exact) mass is 351 g/mol. The van der Waals surface area contributed by atoms with Crippen molar-refractivity contribution in [2.75, 3.05) is 18.1 Å². The average molecular weight is 351 g/mol. The minimum Gasteiger partial charge on any atom is -0.488 e. The maximum Gasteiger partial charge on any atom is 0.338 e. The number of esters is 1. The molecule has 0 fully saturated rings. The summed E-state index contributed by atoms with van der Waals surface area (Å²) in [4.78, 5) is 26.7. The van der Waals surface area contributed by atoms with Crippen LogP contribution in [-0.2, 0) is 14.3 Å². The van der Waals surface area contributed by atoms with Crippen LogP contribution in [0, 0.1) is 0 Å². The summed E-state index contributed by atoms with van der Waals surface area (Å²) >= 11 is 0. The Morgan fingerprint density at radius 3 is 2.54 bits per heavy atom. The molecule has 134 valence electrons. The molecule has 1 aliphatic heterocycles. The Kier molecular flexibility index (Phi) is 5.37. The second kappa shape index (κ2) is 7.87. The van der Waals surface area contributed by atoms with Crippen molar-refractivity contribution in [2.24, 2.45) is 0 Å². The minimum atomic E-state index is -0.888. The predicted octanol–water partition coefficient (Wildman–Crippen LogP) is 3.45. The number of para-hydroxylation sites is 2. The average Bonchev–Trinajstić information content (AvgIpc) is 2.68. The van der Waals surface area contributed by atoms with Gasteiger partial charge in [0.05, 0.1) is 5.57 Å². The smallest absolute Gasteiger partial charge is 0.338 e. The van der Waals surface area contributed by atoms with Crippen molar-refractivity contribution in [3.8, 4) is 5.75 Å². The first kappa shape index (κ1) is 17.7. The number of anilines is 1. The topological polar surface area (TPSA) is 55.8 Å². The first-order valence-corrected chi connectivity index (χ1v) is 8.60. The van der Waals surface area contributed by atoms with E-state index < -0.39 is 12.1 Å². The van der Waals surface area contributed by atoms with Crippen LogP contribution in [0.3, 0.4) is 0 Å². The lowest BCUT2D eigenvalue weighted by atomic mass is 10.1. The van der Waals surface area contributed by atoms with Crippen LogP contribution in [0.2, 0.25) is 0 Å². The minimum absolute atomic E-state index is 0.132. The Balaban J connectivity index is 1.69. The summed E-state index contributed by atoms with van der Waals surface area (Å²) < 4.78 is 11.0. The molecule has 5 nitrogen and oxygen atoms in total. The second-order valence-corrected chi connectivity index (χ2v) is 5.96. The second-order valence-electron chi connectivity index (χ2n) is 5.96. The molecule has 0 radical (unpaired) electrons. The number of benzene rings is 2. The van der Waals surface area contributed by atoms with E-state index in [1.165, 1.54) is 0 Å². The molecule has 0 spiro atoms. The van der Waals surface area contributed by atoms with Crippen LogP contribution in [0.1, 0.15) is 19.4 Å². The zero-order valence-electron chi connectivity index (χ0n) is 14.8. The first-order chi connectivity index (χ1) is 12.6. The quantitative estimate of drug-likeness (QED) is 0.774. The summed E-state index contributed by atoms with van der Waals surface area (Å²) in [7, 11) is 0. The van der Waals surface area contributed by atoms with Crippen molar-refractivity contribution in [3.63, 3.8) is 0 Å². The number of likely N-dealkylation sites (N-methyl/N-ethyl adjacent to an activating group) is 1. The van der Waals surface area contributed by atoms with Gasteiger partial charge in [0.2, 0.25) is 0 Å². The fraction of sp³-hybridized carbons (Fsp3) is 0.238. The van der Waals surface area contributed by atoms with Crippen molar-refractivity contribution in [3.05, 3.63) is 65.7 Å². The third-order valence-corrected chi connectivity index (χ3v) is 4.18. The zero-order valence-corrected chi connectivity index (χ0v) is 14.8. The van der Waals surface area contributed by atoms with Gasteiger partial charge in [-0.15, -0.1) is 0 Å². The Morgan fingerprint density at radius 2 is 1.81 bits per heavy atom. The molecule has 2 aromatic rings. The van der Waals surface area contributed by atoms with Crippen molar-refractivity contribution in [1.29, 1.82) is 0 Å². The maximum absolute atomic E-state index is 12.7. The predicted molar refractivity (Wildman–Crippen MR) is 99.9 cm³/mol. The van der Waals surface area contributed by atoms with Gasteiger partial charge in [-0.3, -0.25) is 4.79 Å². The summed E-state index contributed by atoms with van der Waals surface area (Å²) in [6, 6.07) is 16.8. The highest BCUT2D eigenvalue weighted by Crippen LogP contribution is 2.26. The van der Waals surface area contributed by atoms with Gasteiger partial charge < -0.3 is 14.4 Å². The highest BCUT2D eigenvalue weighted by Gasteiger charge is 2.26. The molecule has 0 aliphatic carbocycles. The summed E-state index contributed by atoms with van der Waals surface area (Å²) in [5.74, 6) is -0.0661. The number of fused-ring (bicyclic) bond motifs is 1. The number of carbonyl (C=O) groups is 2. The van der Waals surface area contributed by atoms with Gasteiger partial charge in [-0.2, -0.15) is 0 Å².